The van der Waals surface area contributed by atoms with Gasteiger partial charge in [-0.1, -0.05) is 66.7 Å². The Kier molecular flexibility index (Phi) is 4.40. The molecule has 0 atom stereocenters. The predicted octanol–water partition coefficient (Wildman–Crippen LogP) is 3.52. The zero-order chi connectivity index (χ0) is 13.5. The second kappa shape index (κ2) is 6.45. The van der Waals surface area contributed by atoms with Gasteiger partial charge in [-0.2, -0.15) is 0 Å². The monoisotopic (exact) mass is 250 g/mol. The largest absolute Gasteiger partial charge is 0.303 e. The summed E-state index contributed by atoms with van der Waals surface area (Å²) >= 11 is 0. The summed E-state index contributed by atoms with van der Waals surface area (Å²) in [5.74, 6) is 0.0176. The van der Waals surface area contributed by atoms with Crippen LogP contribution in [-0.4, -0.2) is 12.1 Å². The van der Waals surface area contributed by atoms with Crippen LogP contribution < -0.4 is 0 Å². The first-order valence-corrected chi connectivity index (χ1v) is 6.11. The fourth-order valence-corrected chi connectivity index (χ4v) is 1.76. The van der Waals surface area contributed by atoms with Crippen LogP contribution in [0.2, 0.25) is 0 Å². The maximum Gasteiger partial charge on any atom is 0.193 e. The van der Waals surface area contributed by atoms with Crippen molar-refractivity contribution in [2.24, 2.45) is 0 Å². The summed E-state index contributed by atoms with van der Waals surface area (Å²) < 4.78 is 0. The van der Waals surface area contributed by atoms with Gasteiger partial charge >= 0.3 is 0 Å². The highest BCUT2D eigenvalue weighted by Gasteiger charge is 2.07. The minimum absolute atomic E-state index is 0.0176. The van der Waals surface area contributed by atoms with Crippen LogP contribution in [0.15, 0.2) is 60.7 Å². The van der Waals surface area contributed by atoms with Crippen LogP contribution in [0.5, 0.6) is 0 Å². The van der Waals surface area contributed by atoms with Gasteiger partial charge in [-0.3, -0.25) is 4.79 Å². The number of aldehydes is 1. The van der Waals surface area contributed by atoms with E-state index in [9.17, 15) is 9.59 Å². The lowest BCUT2D eigenvalue weighted by molar-refractivity contribution is -0.107. The molecule has 2 rings (SSSR count). The smallest absolute Gasteiger partial charge is 0.193 e. The van der Waals surface area contributed by atoms with Crippen LogP contribution in [0.1, 0.15) is 27.9 Å². The van der Waals surface area contributed by atoms with Gasteiger partial charge in [0, 0.05) is 17.5 Å². The molecule has 0 aliphatic carbocycles. The molecule has 0 unspecified atom stereocenters. The third kappa shape index (κ3) is 3.49. The van der Waals surface area contributed by atoms with E-state index in [1.165, 1.54) is 0 Å². The molecule has 0 spiro atoms. The summed E-state index contributed by atoms with van der Waals surface area (Å²) in [4.78, 5) is 22.4. The van der Waals surface area contributed by atoms with Crippen molar-refractivity contribution in [3.8, 4) is 0 Å². The van der Waals surface area contributed by atoms with Crippen molar-refractivity contribution in [2.75, 3.05) is 0 Å². The zero-order valence-corrected chi connectivity index (χ0v) is 10.5. The van der Waals surface area contributed by atoms with Crippen LogP contribution in [0.3, 0.4) is 0 Å². The maximum atomic E-state index is 12.2. The van der Waals surface area contributed by atoms with Gasteiger partial charge in [0.15, 0.2) is 5.78 Å². The zero-order valence-electron chi connectivity index (χ0n) is 10.5. The Bertz CT molecular complexity index is 580. The third-order valence-corrected chi connectivity index (χ3v) is 2.75. The van der Waals surface area contributed by atoms with E-state index in [1.807, 2.05) is 36.4 Å². The lowest BCUT2D eigenvalue weighted by Gasteiger charge is -2.01. The molecule has 0 amide bonds. The number of hydrogen-bond donors (Lipinski definition) is 0. The quantitative estimate of drug-likeness (QED) is 0.601. The molecule has 0 radical (unpaired) electrons. The third-order valence-electron chi connectivity index (χ3n) is 2.75. The molecular formula is C17H14O2. The molecule has 2 aromatic carbocycles. The van der Waals surface area contributed by atoms with Gasteiger partial charge in [-0.15, -0.1) is 0 Å². The van der Waals surface area contributed by atoms with E-state index in [1.54, 1.807) is 30.3 Å². The Morgan fingerprint density at radius 1 is 0.895 bits per heavy atom. The molecule has 0 aliphatic heterocycles. The van der Waals surface area contributed by atoms with Gasteiger partial charge in [0.05, 0.1) is 0 Å². The Balaban J connectivity index is 2.14. The maximum absolute atomic E-state index is 12.2. The number of carbonyl (C=O) groups excluding carboxylic acids is 2. The summed E-state index contributed by atoms with van der Waals surface area (Å²) in [6, 6.07) is 16.5. The van der Waals surface area contributed by atoms with Crippen LogP contribution in [0.4, 0.5) is 0 Å². The molecule has 0 heterocycles. The normalized spacial score (nSPS) is 10.5. The van der Waals surface area contributed by atoms with Crippen LogP contribution in [-0.2, 0) is 4.79 Å². The molecule has 2 heteroatoms. The van der Waals surface area contributed by atoms with Crippen molar-refractivity contribution in [3.63, 3.8) is 0 Å². The van der Waals surface area contributed by atoms with Gasteiger partial charge in [0.25, 0.3) is 0 Å². The minimum Gasteiger partial charge on any atom is -0.303 e. The van der Waals surface area contributed by atoms with Crippen molar-refractivity contribution < 1.29 is 9.59 Å². The van der Waals surface area contributed by atoms with E-state index < -0.39 is 0 Å². The van der Waals surface area contributed by atoms with Gasteiger partial charge < -0.3 is 4.79 Å². The van der Waals surface area contributed by atoms with Crippen molar-refractivity contribution in [3.05, 3.63) is 77.4 Å². The van der Waals surface area contributed by atoms with Crippen molar-refractivity contribution >= 4 is 18.1 Å². The first-order valence-electron chi connectivity index (χ1n) is 6.11. The van der Waals surface area contributed by atoms with E-state index in [-0.39, 0.29) is 5.78 Å². The first kappa shape index (κ1) is 13.0. The highest BCUT2D eigenvalue weighted by molar-refractivity contribution is 6.09. The van der Waals surface area contributed by atoms with Crippen LogP contribution >= 0.6 is 0 Å². The highest BCUT2D eigenvalue weighted by Crippen LogP contribution is 2.12. The number of carbonyl (C=O) groups is 2. The molecule has 0 N–H and O–H groups in total. The van der Waals surface area contributed by atoms with E-state index in [0.29, 0.717) is 17.5 Å². The minimum atomic E-state index is 0.0176. The lowest BCUT2D eigenvalue weighted by atomic mass is 10.0. The number of hydrogen-bond acceptors (Lipinski definition) is 2. The summed E-state index contributed by atoms with van der Waals surface area (Å²) in [7, 11) is 0. The Morgan fingerprint density at radius 2 is 1.53 bits per heavy atom. The molecule has 0 saturated carbocycles. The Hall–Kier alpha value is -2.48. The molecule has 94 valence electrons. The van der Waals surface area contributed by atoms with E-state index in [0.717, 1.165) is 11.8 Å². The summed E-state index contributed by atoms with van der Waals surface area (Å²) in [5.41, 5.74) is 2.33. The molecule has 0 fully saturated rings. The average molecular weight is 250 g/mol. The lowest BCUT2D eigenvalue weighted by Crippen LogP contribution is -2.00. The van der Waals surface area contributed by atoms with Gasteiger partial charge in [-0.05, 0) is 5.56 Å². The molecule has 0 bridgehead atoms. The van der Waals surface area contributed by atoms with E-state index in [4.69, 9.17) is 0 Å². The molecule has 0 aliphatic rings. The van der Waals surface area contributed by atoms with Gasteiger partial charge in [-0.25, -0.2) is 0 Å². The summed E-state index contributed by atoms with van der Waals surface area (Å²) in [6.45, 7) is 0. The number of ketones is 1. The van der Waals surface area contributed by atoms with Crippen LogP contribution in [0.25, 0.3) is 6.08 Å². The average Bonchev–Trinajstić information content (AvgIpc) is 2.48. The first-order chi connectivity index (χ1) is 9.31. The summed E-state index contributed by atoms with van der Waals surface area (Å²) in [6.07, 6.45) is 4.92. The Labute approximate surface area is 112 Å². The SMILES string of the molecule is O=CCC=Cc1ccc(C(=O)c2ccccc2)cc1. The van der Waals surface area contributed by atoms with Crippen molar-refractivity contribution in [1.29, 1.82) is 0 Å². The fraction of sp³-hybridized carbons (Fsp3) is 0.0588. The summed E-state index contributed by atoms with van der Waals surface area (Å²) in [5, 5.41) is 0. The van der Waals surface area contributed by atoms with Crippen LogP contribution in [0, 0.1) is 0 Å². The van der Waals surface area contributed by atoms with E-state index >= 15 is 0 Å². The standard InChI is InChI=1S/C17H14O2/c18-13-5-4-6-14-9-11-16(12-10-14)17(19)15-7-2-1-3-8-15/h1-4,6-13H,5H2. The second-order valence-electron chi connectivity index (χ2n) is 4.12. The second-order valence-corrected chi connectivity index (χ2v) is 4.12. The number of allylic oxidation sites excluding steroid dienone is 1. The van der Waals surface area contributed by atoms with Crippen molar-refractivity contribution in [1.82, 2.24) is 0 Å². The Morgan fingerprint density at radius 3 is 2.16 bits per heavy atom. The molecule has 19 heavy (non-hydrogen) atoms. The molecule has 0 aromatic heterocycles. The number of benzene rings is 2. The molecule has 2 nitrogen and oxygen atoms in total. The fourth-order valence-electron chi connectivity index (χ4n) is 1.76. The van der Waals surface area contributed by atoms with Crippen molar-refractivity contribution in [2.45, 2.75) is 6.42 Å². The molecular weight excluding hydrogens is 236 g/mol. The van der Waals surface area contributed by atoms with Gasteiger partial charge in [0.1, 0.15) is 6.29 Å². The molecule has 2 aromatic rings. The van der Waals surface area contributed by atoms with E-state index in [2.05, 4.69) is 0 Å². The molecule has 0 saturated heterocycles. The topological polar surface area (TPSA) is 34.1 Å². The highest BCUT2D eigenvalue weighted by atomic mass is 16.1. The van der Waals surface area contributed by atoms with Gasteiger partial charge in [0.2, 0.25) is 0 Å². The number of rotatable bonds is 5. The predicted molar refractivity (Wildman–Crippen MR) is 76.0 cm³/mol.